The van der Waals surface area contributed by atoms with E-state index in [9.17, 15) is 9.59 Å². The van der Waals surface area contributed by atoms with E-state index in [1.54, 1.807) is 0 Å². The lowest BCUT2D eigenvalue weighted by Gasteiger charge is -2.12. The number of rotatable bonds is 5. The van der Waals surface area contributed by atoms with Crippen molar-refractivity contribution in [1.82, 2.24) is 5.32 Å². The van der Waals surface area contributed by atoms with Crippen LogP contribution in [-0.4, -0.2) is 34.7 Å². The molecule has 0 bridgehead atoms. The normalized spacial score (nSPS) is 26.7. The summed E-state index contributed by atoms with van der Waals surface area (Å²) in [5, 5.41) is 19.7. The Bertz CT molecular complexity index is 241. The third-order valence-corrected chi connectivity index (χ3v) is 2.48. The Kier molecular flexibility index (Phi) is 3.46. The fraction of sp³-hybridized carbons (Fsp3) is 0.778. The number of aliphatic hydroxyl groups is 1. The first-order valence-corrected chi connectivity index (χ1v) is 4.70. The van der Waals surface area contributed by atoms with Crippen LogP contribution < -0.4 is 5.32 Å². The van der Waals surface area contributed by atoms with Gasteiger partial charge in [0.05, 0.1) is 0 Å². The Morgan fingerprint density at radius 1 is 1.57 bits per heavy atom. The van der Waals surface area contributed by atoms with Crippen molar-refractivity contribution in [3.05, 3.63) is 0 Å². The van der Waals surface area contributed by atoms with Crippen LogP contribution in [0.1, 0.15) is 19.8 Å². The molecule has 80 valence electrons. The van der Waals surface area contributed by atoms with Crippen LogP contribution >= 0.6 is 0 Å². The van der Waals surface area contributed by atoms with Gasteiger partial charge in [-0.05, 0) is 12.3 Å². The van der Waals surface area contributed by atoms with Gasteiger partial charge in [0.2, 0.25) is 5.91 Å². The predicted octanol–water partition coefficient (Wildman–Crippen LogP) is -0.406. The van der Waals surface area contributed by atoms with Crippen molar-refractivity contribution in [3.8, 4) is 0 Å². The van der Waals surface area contributed by atoms with Crippen LogP contribution in [0.2, 0.25) is 0 Å². The van der Waals surface area contributed by atoms with E-state index in [-0.39, 0.29) is 24.9 Å². The fourth-order valence-electron chi connectivity index (χ4n) is 1.35. The average molecular weight is 201 g/mol. The van der Waals surface area contributed by atoms with E-state index in [0.29, 0.717) is 5.92 Å². The summed E-state index contributed by atoms with van der Waals surface area (Å²) < 4.78 is 0. The van der Waals surface area contributed by atoms with E-state index >= 15 is 0 Å². The lowest BCUT2D eigenvalue weighted by Crippen LogP contribution is -2.42. The second-order valence-corrected chi connectivity index (χ2v) is 3.73. The Morgan fingerprint density at radius 3 is 2.50 bits per heavy atom. The number of nitrogens with one attached hydrogen (secondary N) is 1. The molecule has 1 amide bonds. The maximum absolute atomic E-state index is 11.3. The van der Waals surface area contributed by atoms with Crippen LogP contribution in [0.3, 0.4) is 0 Å². The van der Waals surface area contributed by atoms with E-state index < -0.39 is 12.0 Å². The van der Waals surface area contributed by atoms with Crippen LogP contribution in [0.25, 0.3) is 0 Å². The highest BCUT2D eigenvalue weighted by molar-refractivity contribution is 5.86. The largest absolute Gasteiger partial charge is 0.480 e. The molecule has 0 aromatic carbocycles. The van der Waals surface area contributed by atoms with Gasteiger partial charge in [-0.3, -0.25) is 4.79 Å². The SMILES string of the molecule is CC1CC1C(=O)N[C@@H](CCO)C(=O)O. The van der Waals surface area contributed by atoms with Crippen LogP contribution in [0.15, 0.2) is 0 Å². The van der Waals surface area contributed by atoms with E-state index in [2.05, 4.69) is 5.32 Å². The van der Waals surface area contributed by atoms with Crippen molar-refractivity contribution in [2.24, 2.45) is 11.8 Å². The number of carbonyl (C=O) groups excluding carboxylic acids is 1. The molecule has 1 saturated carbocycles. The van der Waals surface area contributed by atoms with Gasteiger partial charge in [-0.1, -0.05) is 6.92 Å². The van der Waals surface area contributed by atoms with Crippen molar-refractivity contribution in [3.63, 3.8) is 0 Å². The fourth-order valence-corrected chi connectivity index (χ4v) is 1.35. The number of amides is 1. The van der Waals surface area contributed by atoms with Crippen LogP contribution in [-0.2, 0) is 9.59 Å². The van der Waals surface area contributed by atoms with Crippen molar-refractivity contribution < 1.29 is 19.8 Å². The molecule has 2 unspecified atom stereocenters. The van der Waals surface area contributed by atoms with Gasteiger partial charge < -0.3 is 15.5 Å². The number of carboxylic acids is 1. The number of aliphatic hydroxyl groups excluding tert-OH is 1. The standard InChI is InChI=1S/C9H15NO4/c1-5-4-6(5)8(12)10-7(2-3-11)9(13)14/h5-7,11H,2-4H2,1H3,(H,10,12)(H,13,14)/t5?,6?,7-/m0/s1. The summed E-state index contributed by atoms with van der Waals surface area (Å²) in [6, 6.07) is -0.958. The molecule has 0 aliphatic heterocycles. The minimum absolute atomic E-state index is 0.0319. The summed E-state index contributed by atoms with van der Waals surface area (Å²) in [6.07, 6.45) is 0.888. The van der Waals surface area contributed by atoms with Gasteiger partial charge in [-0.2, -0.15) is 0 Å². The molecule has 1 fully saturated rings. The third kappa shape index (κ3) is 2.70. The first-order valence-electron chi connectivity index (χ1n) is 4.70. The zero-order valence-corrected chi connectivity index (χ0v) is 8.06. The van der Waals surface area contributed by atoms with E-state index in [0.717, 1.165) is 6.42 Å². The first-order chi connectivity index (χ1) is 6.56. The van der Waals surface area contributed by atoms with Gasteiger partial charge in [0.15, 0.2) is 0 Å². The Balaban J connectivity index is 2.38. The van der Waals surface area contributed by atoms with Gasteiger partial charge >= 0.3 is 5.97 Å². The van der Waals surface area contributed by atoms with E-state index in [1.165, 1.54) is 0 Å². The predicted molar refractivity (Wildman–Crippen MR) is 48.5 cm³/mol. The number of aliphatic carboxylic acids is 1. The molecular weight excluding hydrogens is 186 g/mol. The summed E-state index contributed by atoms with van der Waals surface area (Å²) in [4.78, 5) is 22.0. The summed E-state index contributed by atoms with van der Waals surface area (Å²) >= 11 is 0. The lowest BCUT2D eigenvalue weighted by molar-refractivity contribution is -0.142. The molecule has 5 heteroatoms. The number of hydrogen-bond donors (Lipinski definition) is 3. The number of carbonyl (C=O) groups is 2. The maximum Gasteiger partial charge on any atom is 0.326 e. The highest BCUT2D eigenvalue weighted by Crippen LogP contribution is 2.37. The second-order valence-electron chi connectivity index (χ2n) is 3.73. The molecule has 0 saturated heterocycles. The Hall–Kier alpha value is -1.10. The number of hydrogen-bond acceptors (Lipinski definition) is 3. The van der Waals surface area contributed by atoms with E-state index in [4.69, 9.17) is 10.2 Å². The molecule has 0 aromatic heterocycles. The van der Waals surface area contributed by atoms with Crippen LogP contribution in [0.4, 0.5) is 0 Å². The molecule has 1 rings (SSSR count). The average Bonchev–Trinajstić information content (AvgIpc) is 2.81. The van der Waals surface area contributed by atoms with Gasteiger partial charge in [0.25, 0.3) is 0 Å². The molecule has 0 radical (unpaired) electrons. The molecule has 5 nitrogen and oxygen atoms in total. The molecule has 1 aliphatic rings. The monoisotopic (exact) mass is 201 g/mol. The van der Waals surface area contributed by atoms with Crippen molar-refractivity contribution in [2.45, 2.75) is 25.8 Å². The third-order valence-electron chi connectivity index (χ3n) is 2.48. The molecule has 0 heterocycles. The van der Waals surface area contributed by atoms with Crippen molar-refractivity contribution in [2.75, 3.05) is 6.61 Å². The topological polar surface area (TPSA) is 86.6 Å². The zero-order valence-electron chi connectivity index (χ0n) is 8.06. The summed E-state index contributed by atoms with van der Waals surface area (Å²) in [5.74, 6) is -0.979. The quantitative estimate of drug-likeness (QED) is 0.564. The first kappa shape index (κ1) is 11.0. The molecule has 3 atom stereocenters. The second kappa shape index (κ2) is 4.41. The van der Waals surface area contributed by atoms with Gasteiger partial charge in [0.1, 0.15) is 6.04 Å². The minimum Gasteiger partial charge on any atom is -0.480 e. The highest BCUT2D eigenvalue weighted by Gasteiger charge is 2.40. The van der Waals surface area contributed by atoms with Crippen molar-refractivity contribution in [1.29, 1.82) is 0 Å². The van der Waals surface area contributed by atoms with Gasteiger partial charge in [0, 0.05) is 18.9 Å². The summed E-state index contributed by atoms with van der Waals surface area (Å²) in [6.45, 7) is 1.71. The van der Waals surface area contributed by atoms with Crippen LogP contribution in [0, 0.1) is 11.8 Å². The molecule has 0 spiro atoms. The Labute approximate surface area is 82.1 Å². The molecular formula is C9H15NO4. The molecule has 3 N–H and O–H groups in total. The smallest absolute Gasteiger partial charge is 0.326 e. The summed E-state index contributed by atoms with van der Waals surface area (Å²) in [7, 11) is 0. The van der Waals surface area contributed by atoms with Crippen molar-refractivity contribution >= 4 is 11.9 Å². The minimum atomic E-state index is -1.10. The molecule has 1 aliphatic carbocycles. The van der Waals surface area contributed by atoms with Crippen LogP contribution in [0.5, 0.6) is 0 Å². The molecule has 0 aromatic rings. The summed E-state index contributed by atoms with van der Waals surface area (Å²) in [5.41, 5.74) is 0. The van der Waals surface area contributed by atoms with E-state index in [1.807, 2.05) is 6.92 Å². The maximum atomic E-state index is 11.3. The van der Waals surface area contributed by atoms with Gasteiger partial charge in [-0.15, -0.1) is 0 Å². The zero-order chi connectivity index (χ0) is 10.7. The highest BCUT2D eigenvalue weighted by atomic mass is 16.4. The number of carboxylic acid groups (broad SMARTS) is 1. The van der Waals surface area contributed by atoms with Gasteiger partial charge in [-0.25, -0.2) is 4.79 Å². The lowest BCUT2D eigenvalue weighted by atomic mass is 10.2. The molecule has 14 heavy (non-hydrogen) atoms. The Morgan fingerprint density at radius 2 is 2.14 bits per heavy atom.